The number of carbonyl (C=O) groups is 2. The van der Waals surface area contributed by atoms with Gasteiger partial charge < -0.3 is 10.6 Å². The number of benzene rings is 1. The molecule has 2 amide bonds. The molecule has 1 aliphatic heterocycles. The molecule has 0 radical (unpaired) electrons. The average molecular weight is 476 g/mol. The van der Waals surface area contributed by atoms with E-state index in [2.05, 4.69) is 52.7 Å². The molecule has 0 bridgehead atoms. The van der Waals surface area contributed by atoms with E-state index in [-0.39, 0.29) is 18.2 Å². The lowest BCUT2D eigenvalue weighted by molar-refractivity contribution is -0.122. The van der Waals surface area contributed by atoms with Gasteiger partial charge in [-0.1, -0.05) is 34.6 Å². The highest BCUT2D eigenvalue weighted by Gasteiger charge is 2.32. The summed E-state index contributed by atoms with van der Waals surface area (Å²) < 4.78 is 1.67. The van der Waals surface area contributed by atoms with E-state index < -0.39 is 5.25 Å². The van der Waals surface area contributed by atoms with Crippen molar-refractivity contribution in [3.63, 3.8) is 0 Å². The summed E-state index contributed by atoms with van der Waals surface area (Å²) in [4.78, 5) is 24.1. The number of nitrogens with one attached hydrogen (secondary N) is 2. The third-order valence-corrected chi connectivity index (χ3v) is 5.40. The highest BCUT2D eigenvalue weighted by molar-refractivity contribution is 9.11. The smallest absolute Gasteiger partial charge is 0.240 e. The van der Waals surface area contributed by atoms with Crippen molar-refractivity contribution in [1.82, 2.24) is 5.32 Å². The van der Waals surface area contributed by atoms with E-state index in [0.29, 0.717) is 10.9 Å². The first-order valence-electron chi connectivity index (χ1n) is 7.22. The number of amides is 2. The second kappa shape index (κ2) is 8.77. The molecule has 0 aliphatic carbocycles. The molecule has 1 saturated heterocycles. The normalized spacial score (nSPS) is 19.5. The Hall–Kier alpha value is -1.19. The molecular formula is C15H16Br2N4O2S. The fourth-order valence-electron chi connectivity index (χ4n) is 1.75. The van der Waals surface area contributed by atoms with Gasteiger partial charge in [0.2, 0.25) is 11.8 Å². The molecule has 2 rings (SSSR count). The van der Waals surface area contributed by atoms with Gasteiger partial charge in [-0.2, -0.15) is 5.10 Å². The minimum atomic E-state index is -0.505. The fourth-order valence-corrected chi connectivity index (χ4v) is 3.81. The first kappa shape index (κ1) is 19.1. The molecule has 2 N–H and O–H groups in total. The average Bonchev–Trinajstić information content (AvgIpc) is 2.87. The standard InChI is InChI=1S/C15H16Br2N4O2S/c1-3-8(2)20-21-15-19-14(23)12(24-15)7-13(22)18-11-5-4-9(16)6-10(11)17/h4-6,12H,3,7H2,1-2H3,(H,18,22)(H,19,21,23)/t12-/m1/s1. The topological polar surface area (TPSA) is 82.9 Å². The number of rotatable bonds is 5. The van der Waals surface area contributed by atoms with Crippen molar-refractivity contribution < 1.29 is 9.59 Å². The number of hydrogen-bond acceptors (Lipinski definition) is 5. The maximum atomic E-state index is 12.2. The predicted molar refractivity (Wildman–Crippen MR) is 105 cm³/mol. The van der Waals surface area contributed by atoms with Crippen molar-refractivity contribution in [1.29, 1.82) is 0 Å². The van der Waals surface area contributed by atoms with Crippen LogP contribution < -0.4 is 10.6 Å². The van der Waals surface area contributed by atoms with Crippen LogP contribution in [0.5, 0.6) is 0 Å². The maximum absolute atomic E-state index is 12.2. The Morgan fingerprint density at radius 2 is 2.17 bits per heavy atom. The first-order valence-corrected chi connectivity index (χ1v) is 9.69. The highest BCUT2D eigenvalue weighted by atomic mass is 79.9. The summed E-state index contributed by atoms with van der Waals surface area (Å²) in [7, 11) is 0. The zero-order chi connectivity index (χ0) is 17.7. The monoisotopic (exact) mass is 474 g/mol. The Balaban J connectivity index is 1.96. The molecular weight excluding hydrogens is 460 g/mol. The van der Waals surface area contributed by atoms with Gasteiger partial charge >= 0.3 is 0 Å². The molecule has 24 heavy (non-hydrogen) atoms. The van der Waals surface area contributed by atoms with Gasteiger partial charge in [-0.15, -0.1) is 5.10 Å². The number of nitrogens with zero attached hydrogens (tertiary/aromatic N) is 2. The van der Waals surface area contributed by atoms with E-state index in [0.717, 1.165) is 21.1 Å². The van der Waals surface area contributed by atoms with Gasteiger partial charge in [0.15, 0.2) is 5.17 Å². The second-order valence-electron chi connectivity index (χ2n) is 5.07. The number of amidine groups is 1. The molecule has 1 atom stereocenters. The summed E-state index contributed by atoms with van der Waals surface area (Å²) in [6.45, 7) is 3.85. The lowest BCUT2D eigenvalue weighted by Crippen LogP contribution is -2.28. The summed E-state index contributed by atoms with van der Waals surface area (Å²) in [6.07, 6.45) is 0.859. The lowest BCUT2D eigenvalue weighted by atomic mass is 10.2. The van der Waals surface area contributed by atoms with E-state index in [4.69, 9.17) is 0 Å². The van der Waals surface area contributed by atoms with Crippen molar-refractivity contribution in [3.05, 3.63) is 27.1 Å². The third kappa shape index (κ3) is 5.42. The van der Waals surface area contributed by atoms with Gasteiger partial charge in [-0.3, -0.25) is 9.59 Å². The Kier molecular flexibility index (Phi) is 7.00. The summed E-state index contributed by atoms with van der Waals surface area (Å²) in [5, 5.41) is 13.4. The number of hydrogen-bond donors (Lipinski definition) is 2. The molecule has 1 aliphatic rings. The Morgan fingerprint density at radius 1 is 1.42 bits per heavy atom. The van der Waals surface area contributed by atoms with E-state index in [9.17, 15) is 9.59 Å². The number of halogens is 2. The first-order chi connectivity index (χ1) is 11.4. The zero-order valence-corrected chi connectivity index (χ0v) is 17.1. The number of carbonyl (C=O) groups excluding carboxylic acids is 2. The maximum Gasteiger partial charge on any atom is 0.240 e. The van der Waals surface area contributed by atoms with E-state index in [1.54, 1.807) is 6.07 Å². The van der Waals surface area contributed by atoms with Gasteiger partial charge in [0.05, 0.1) is 5.69 Å². The minimum absolute atomic E-state index is 0.0640. The molecule has 128 valence electrons. The molecule has 0 saturated carbocycles. The van der Waals surface area contributed by atoms with Gasteiger partial charge in [0, 0.05) is 21.1 Å². The summed E-state index contributed by atoms with van der Waals surface area (Å²) in [5.74, 6) is -0.465. The van der Waals surface area contributed by atoms with Crippen LogP contribution >= 0.6 is 43.6 Å². The van der Waals surface area contributed by atoms with Crippen molar-refractivity contribution in [3.8, 4) is 0 Å². The molecule has 6 nitrogen and oxygen atoms in total. The number of anilines is 1. The van der Waals surface area contributed by atoms with Gasteiger partial charge in [0.1, 0.15) is 5.25 Å². The van der Waals surface area contributed by atoms with Crippen molar-refractivity contribution in [2.45, 2.75) is 31.9 Å². The Bertz CT molecular complexity index is 721. The summed E-state index contributed by atoms with van der Waals surface area (Å²) in [5.41, 5.74) is 1.53. The van der Waals surface area contributed by atoms with Crippen molar-refractivity contribution in [2.75, 3.05) is 5.32 Å². The molecule has 0 aromatic heterocycles. The van der Waals surface area contributed by atoms with Crippen LogP contribution in [0.4, 0.5) is 5.69 Å². The van der Waals surface area contributed by atoms with E-state index in [1.807, 2.05) is 26.0 Å². The highest BCUT2D eigenvalue weighted by Crippen LogP contribution is 2.27. The second-order valence-corrected chi connectivity index (χ2v) is 8.03. The molecule has 0 unspecified atom stereocenters. The minimum Gasteiger partial charge on any atom is -0.325 e. The SMILES string of the molecule is CCC(C)=NN=C1NC(=O)[C@@H](CC(=O)Nc2ccc(Br)cc2Br)S1. The molecule has 1 aromatic carbocycles. The molecule has 9 heteroatoms. The van der Waals surface area contributed by atoms with E-state index in [1.165, 1.54) is 11.8 Å². The quantitative estimate of drug-likeness (QED) is 0.500. The predicted octanol–water partition coefficient (Wildman–Crippen LogP) is 3.91. The zero-order valence-electron chi connectivity index (χ0n) is 13.1. The van der Waals surface area contributed by atoms with Crippen molar-refractivity contribution in [2.24, 2.45) is 10.2 Å². The summed E-state index contributed by atoms with van der Waals surface area (Å²) in [6, 6.07) is 5.45. The molecule has 0 spiro atoms. The van der Waals surface area contributed by atoms with Gasteiger partial charge in [0.25, 0.3) is 0 Å². The van der Waals surface area contributed by atoms with Gasteiger partial charge in [-0.25, -0.2) is 0 Å². The van der Waals surface area contributed by atoms with Crippen LogP contribution in [0.25, 0.3) is 0 Å². The molecule has 1 aromatic rings. The fraction of sp³-hybridized carbons (Fsp3) is 0.333. The van der Waals surface area contributed by atoms with Crippen LogP contribution in [0.3, 0.4) is 0 Å². The van der Waals surface area contributed by atoms with Crippen LogP contribution in [-0.2, 0) is 9.59 Å². The molecule has 1 heterocycles. The summed E-state index contributed by atoms with van der Waals surface area (Å²) >= 11 is 7.96. The van der Waals surface area contributed by atoms with Crippen LogP contribution in [0.2, 0.25) is 0 Å². The number of thioether (sulfide) groups is 1. The van der Waals surface area contributed by atoms with Crippen LogP contribution in [0.1, 0.15) is 26.7 Å². The largest absolute Gasteiger partial charge is 0.325 e. The third-order valence-electron chi connectivity index (χ3n) is 3.18. The van der Waals surface area contributed by atoms with Gasteiger partial charge in [-0.05, 0) is 47.5 Å². The van der Waals surface area contributed by atoms with Crippen LogP contribution in [0.15, 0.2) is 37.3 Å². The van der Waals surface area contributed by atoms with E-state index >= 15 is 0 Å². The van der Waals surface area contributed by atoms with Crippen LogP contribution in [-0.4, -0.2) is 27.9 Å². The van der Waals surface area contributed by atoms with Crippen LogP contribution in [0, 0.1) is 0 Å². The van der Waals surface area contributed by atoms with Crippen molar-refractivity contribution >= 4 is 72.0 Å². The Morgan fingerprint density at radius 3 is 2.83 bits per heavy atom. The Labute approximate surface area is 161 Å². The molecule has 1 fully saturated rings. The lowest BCUT2D eigenvalue weighted by Gasteiger charge is -2.09.